The predicted octanol–water partition coefficient (Wildman–Crippen LogP) is -1.31. The average molecular weight is 278 g/mol. The van der Waals surface area contributed by atoms with Crippen LogP contribution in [0.5, 0.6) is 0 Å². The lowest BCUT2D eigenvalue weighted by molar-refractivity contribution is -0.143. The van der Waals surface area contributed by atoms with Crippen LogP contribution >= 0.6 is 11.8 Å². The van der Waals surface area contributed by atoms with E-state index in [1.165, 1.54) is 4.90 Å². The van der Waals surface area contributed by atoms with Gasteiger partial charge in [0, 0.05) is 18.8 Å². The molecule has 0 aromatic carbocycles. The van der Waals surface area contributed by atoms with Crippen LogP contribution in [0, 0.1) is 0 Å². The van der Waals surface area contributed by atoms with Gasteiger partial charge in [-0.2, -0.15) is 0 Å². The molecule has 0 spiro atoms. The van der Waals surface area contributed by atoms with Gasteiger partial charge in [0.1, 0.15) is 19.4 Å². The van der Waals surface area contributed by atoms with Gasteiger partial charge in [0.15, 0.2) is 0 Å². The Morgan fingerprint density at radius 2 is 2.22 bits per heavy atom. The van der Waals surface area contributed by atoms with Gasteiger partial charge in [-0.25, -0.2) is 4.79 Å². The quantitative estimate of drug-likeness (QED) is 0.529. The molecule has 0 aliphatic carbocycles. The third-order valence-electron chi connectivity index (χ3n) is 2.08. The van der Waals surface area contributed by atoms with Crippen molar-refractivity contribution in [3.05, 3.63) is 0 Å². The number of nitrogens with one attached hydrogen (secondary N) is 1. The number of carbonyl (C=O) groups excluding carboxylic acids is 2. The van der Waals surface area contributed by atoms with Crippen LogP contribution in [0.1, 0.15) is 0 Å². The van der Waals surface area contributed by atoms with Gasteiger partial charge in [-0.05, 0) is 0 Å². The molecule has 2 amide bonds. The van der Waals surface area contributed by atoms with E-state index in [0.29, 0.717) is 5.75 Å². The van der Waals surface area contributed by atoms with Crippen molar-refractivity contribution in [3.8, 4) is 0 Å². The van der Waals surface area contributed by atoms with E-state index in [2.05, 4.69) is 10.1 Å². The van der Waals surface area contributed by atoms with E-state index < -0.39 is 24.7 Å². The molecule has 0 saturated carbocycles. The van der Waals surface area contributed by atoms with E-state index in [9.17, 15) is 19.5 Å². The SMILES string of the molecule is O=C(O)COCC(=O)NCCN1C(=O)SCC1O. The van der Waals surface area contributed by atoms with Gasteiger partial charge in [0.05, 0.1) is 0 Å². The monoisotopic (exact) mass is 278 g/mol. The summed E-state index contributed by atoms with van der Waals surface area (Å²) in [6, 6.07) is 0. The Morgan fingerprint density at radius 1 is 1.50 bits per heavy atom. The summed E-state index contributed by atoms with van der Waals surface area (Å²) in [6.45, 7) is -0.499. The Hall–Kier alpha value is -1.32. The maximum absolute atomic E-state index is 11.2. The molecule has 0 radical (unpaired) electrons. The highest BCUT2D eigenvalue weighted by molar-refractivity contribution is 8.13. The van der Waals surface area contributed by atoms with Crippen LogP contribution in [0.4, 0.5) is 4.79 Å². The Bertz CT molecular complexity index is 337. The average Bonchev–Trinajstić information content (AvgIpc) is 2.60. The number of carboxylic acids is 1. The summed E-state index contributed by atoms with van der Waals surface area (Å²) >= 11 is 1.02. The van der Waals surface area contributed by atoms with Crippen LogP contribution in [-0.4, -0.2) is 70.5 Å². The van der Waals surface area contributed by atoms with Gasteiger partial charge in [0.2, 0.25) is 5.91 Å². The van der Waals surface area contributed by atoms with Crippen molar-refractivity contribution in [3.63, 3.8) is 0 Å². The molecule has 0 aromatic rings. The lowest BCUT2D eigenvalue weighted by Gasteiger charge is -2.19. The molecular weight excluding hydrogens is 264 g/mol. The van der Waals surface area contributed by atoms with Gasteiger partial charge in [-0.15, -0.1) is 0 Å². The lowest BCUT2D eigenvalue weighted by atomic mass is 10.4. The van der Waals surface area contributed by atoms with E-state index >= 15 is 0 Å². The van der Waals surface area contributed by atoms with Crippen LogP contribution in [0.15, 0.2) is 0 Å². The normalized spacial score (nSPS) is 19.1. The smallest absolute Gasteiger partial charge is 0.329 e. The van der Waals surface area contributed by atoms with Crippen molar-refractivity contribution in [2.24, 2.45) is 0 Å². The lowest BCUT2D eigenvalue weighted by Crippen LogP contribution is -2.40. The molecule has 1 aliphatic rings. The summed E-state index contributed by atoms with van der Waals surface area (Å²) in [5, 5.41) is 19.9. The number of ether oxygens (including phenoxy) is 1. The molecule has 1 saturated heterocycles. The first kappa shape index (κ1) is 14.7. The fraction of sp³-hybridized carbons (Fsp3) is 0.667. The van der Waals surface area contributed by atoms with Crippen LogP contribution in [0.25, 0.3) is 0 Å². The Kier molecular flexibility index (Phi) is 5.89. The summed E-state index contributed by atoms with van der Waals surface area (Å²) in [6.07, 6.45) is -0.817. The third-order valence-corrected chi connectivity index (χ3v) is 3.03. The number of thioether (sulfide) groups is 1. The van der Waals surface area contributed by atoms with Gasteiger partial charge in [-0.1, -0.05) is 11.8 Å². The standard InChI is InChI=1S/C9H14N2O6S/c12-6(3-17-4-8(14)15)10-1-2-11-7(13)5-18-9(11)16/h7,13H,1-5H2,(H,10,12)(H,14,15). The molecule has 1 fully saturated rings. The van der Waals surface area contributed by atoms with E-state index in [0.717, 1.165) is 11.8 Å². The summed E-state index contributed by atoms with van der Waals surface area (Å²) in [5.74, 6) is -1.29. The van der Waals surface area contributed by atoms with Gasteiger partial charge in [-0.3, -0.25) is 9.59 Å². The fourth-order valence-corrected chi connectivity index (χ4v) is 2.13. The van der Waals surface area contributed by atoms with Crippen molar-refractivity contribution in [2.75, 3.05) is 32.1 Å². The molecule has 0 bridgehead atoms. The largest absolute Gasteiger partial charge is 0.480 e. The van der Waals surface area contributed by atoms with Crippen molar-refractivity contribution in [1.82, 2.24) is 10.2 Å². The zero-order valence-electron chi connectivity index (χ0n) is 9.50. The van der Waals surface area contributed by atoms with Gasteiger partial charge in [0.25, 0.3) is 5.24 Å². The molecular formula is C9H14N2O6S. The maximum Gasteiger partial charge on any atom is 0.329 e. The zero-order chi connectivity index (χ0) is 13.5. The molecule has 1 unspecified atom stereocenters. The Labute approximate surface area is 107 Å². The summed E-state index contributed by atoms with van der Waals surface area (Å²) in [4.78, 5) is 33.8. The molecule has 9 heteroatoms. The van der Waals surface area contributed by atoms with Crippen molar-refractivity contribution < 1.29 is 29.3 Å². The first-order chi connectivity index (χ1) is 8.50. The summed E-state index contributed by atoms with van der Waals surface area (Å²) in [7, 11) is 0. The van der Waals surface area contributed by atoms with E-state index in [1.807, 2.05) is 0 Å². The number of hydrogen-bond acceptors (Lipinski definition) is 6. The molecule has 1 heterocycles. The summed E-state index contributed by atoms with van der Waals surface area (Å²) < 4.78 is 4.58. The topological polar surface area (TPSA) is 116 Å². The van der Waals surface area contributed by atoms with Crippen molar-refractivity contribution in [2.45, 2.75) is 6.23 Å². The second kappa shape index (κ2) is 7.19. The Balaban J connectivity index is 2.11. The fourth-order valence-electron chi connectivity index (χ4n) is 1.28. The number of carboxylic acid groups (broad SMARTS) is 1. The molecule has 1 aliphatic heterocycles. The molecule has 8 nitrogen and oxygen atoms in total. The Morgan fingerprint density at radius 3 is 2.78 bits per heavy atom. The number of aliphatic carboxylic acids is 1. The second-order valence-corrected chi connectivity index (χ2v) is 4.46. The minimum Gasteiger partial charge on any atom is -0.480 e. The molecule has 1 rings (SSSR count). The molecule has 3 N–H and O–H groups in total. The van der Waals surface area contributed by atoms with Gasteiger partial charge < -0.3 is 25.2 Å². The third kappa shape index (κ3) is 4.90. The maximum atomic E-state index is 11.2. The number of carbonyl (C=O) groups is 3. The molecule has 18 heavy (non-hydrogen) atoms. The van der Waals surface area contributed by atoms with Crippen LogP contribution in [0.2, 0.25) is 0 Å². The van der Waals surface area contributed by atoms with Crippen LogP contribution < -0.4 is 5.32 Å². The number of aliphatic hydroxyl groups excluding tert-OH is 1. The molecule has 1 atom stereocenters. The van der Waals surface area contributed by atoms with Crippen LogP contribution in [0.3, 0.4) is 0 Å². The highest BCUT2D eigenvalue weighted by Crippen LogP contribution is 2.21. The highest BCUT2D eigenvalue weighted by Gasteiger charge is 2.29. The number of hydrogen-bond donors (Lipinski definition) is 3. The first-order valence-electron chi connectivity index (χ1n) is 5.18. The van der Waals surface area contributed by atoms with E-state index in [-0.39, 0.29) is 24.9 Å². The summed E-state index contributed by atoms with van der Waals surface area (Å²) in [5.41, 5.74) is 0. The van der Waals surface area contributed by atoms with E-state index in [1.54, 1.807) is 0 Å². The second-order valence-electron chi connectivity index (χ2n) is 3.49. The molecule has 0 aromatic heterocycles. The van der Waals surface area contributed by atoms with Crippen molar-refractivity contribution in [1.29, 1.82) is 0 Å². The predicted molar refractivity (Wildman–Crippen MR) is 62.0 cm³/mol. The minimum atomic E-state index is -1.15. The van der Waals surface area contributed by atoms with E-state index in [4.69, 9.17) is 5.11 Å². The number of amides is 2. The minimum absolute atomic E-state index is 0.179. The number of nitrogens with zero attached hydrogens (tertiary/aromatic N) is 1. The van der Waals surface area contributed by atoms with Crippen LogP contribution in [-0.2, 0) is 14.3 Å². The zero-order valence-corrected chi connectivity index (χ0v) is 10.3. The van der Waals surface area contributed by atoms with Crippen molar-refractivity contribution >= 4 is 28.9 Å². The first-order valence-corrected chi connectivity index (χ1v) is 6.17. The number of aliphatic hydroxyl groups is 1. The number of rotatable bonds is 7. The molecule has 102 valence electrons. The van der Waals surface area contributed by atoms with Gasteiger partial charge >= 0.3 is 5.97 Å². The highest BCUT2D eigenvalue weighted by atomic mass is 32.2.